The number of hydrogen-bond donors (Lipinski definition) is 1. The molecule has 2 aromatic rings. The van der Waals surface area contributed by atoms with Gasteiger partial charge in [-0.05, 0) is 49.4 Å². The molecular weight excluding hydrogens is 362 g/mol. The number of nitrogens with zero attached hydrogens (tertiary/aromatic N) is 2. The molecule has 0 saturated carbocycles. The predicted octanol–water partition coefficient (Wildman–Crippen LogP) is 3.27. The van der Waals surface area contributed by atoms with Crippen LogP contribution in [0.1, 0.15) is 30.3 Å². The number of carbonyl (C=O) groups excluding carboxylic acids is 2. The summed E-state index contributed by atoms with van der Waals surface area (Å²) in [5, 5.41) is 3.60. The molecule has 1 saturated heterocycles. The van der Waals surface area contributed by atoms with Crippen molar-refractivity contribution in [2.24, 2.45) is 11.8 Å². The molecule has 1 aromatic heterocycles. The third-order valence-corrected chi connectivity index (χ3v) is 6.33. The average molecular weight is 385 g/mol. The third kappa shape index (κ3) is 3.69. The Morgan fingerprint density at radius 1 is 1.30 bits per heavy atom. The summed E-state index contributed by atoms with van der Waals surface area (Å²) in [5.41, 5.74) is 1.91. The Balaban J connectivity index is 1.42. The highest BCUT2D eigenvalue weighted by molar-refractivity contribution is 7.15. The fourth-order valence-corrected chi connectivity index (χ4v) is 4.87. The van der Waals surface area contributed by atoms with E-state index in [2.05, 4.69) is 17.2 Å². The van der Waals surface area contributed by atoms with Crippen LogP contribution in [-0.4, -0.2) is 30.5 Å². The van der Waals surface area contributed by atoms with E-state index in [1.165, 1.54) is 4.88 Å². The van der Waals surface area contributed by atoms with E-state index in [0.717, 1.165) is 36.4 Å². The first-order chi connectivity index (χ1) is 13.0. The van der Waals surface area contributed by atoms with E-state index >= 15 is 0 Å². The molecule has 2 atom stereocenters. The number of anilines is 2. The van der Waals surface area contributed by atoms with E-state index < -0.39 is 0 Å². The van der Waals surface area contributed by atoms with Crippen LogP contribution >= 0.6 is 11.3 Å². The standard InChI is InChI=1S/C20H23N3O3S/c1-12-3-8-16-17(9-12)27-20(21-16)22-19(25)13-10-18(24)23(11-13)14-4-6-15(26-2)7-5-14/h4-7,12-13H,3,8-11H2,1-2H3,(H,21,22,25). The number of methoxy groups -OCH3 is 1. The van der Waals surface area contributed by atoms with Gasteiger partial charge in [-0.15, -0.1) is 11.3 Å². The van der Waals surface area contributed by atoms with Crippen LogP contribution < -0.4 is 15.0 Å². The predicted molar refractivity (Wildman–Crippen MR) is 105 cm³/mol. The van der Waals surface area contributed by atoms with Crippen LogP contribution in [-0.2, 0) is 22.4 Å². The zero-order chi connectivity index (χ0) is 19.0. The highest BCUT2D eigenvalue weighted by Crippen LogP contribution is 2.33. The molecule has 1 fully saturated rings. The average Bonchev–Trinajstić information content (AvgIpc) is 3.24. The van der Waals surface area contributed by atoms with Gasteiger partial charge in [-0.2, -0.15) is 0 Å². The SMILES string of the molecule is COc1ccc(N2CC(C(=O)Nc3nc4c(s3)CC(C)CC4)CC2=O)cc1. The molecule has 1 aromatic carbocycles. The number of aromatic nitrogens is 1. The number of rotatable bonds is 4. The van der Waals surface area contributed by atoms with Crippen molar-refractivity contribution < 1.29 is 14.3 Å². The summed E-state index contributed by atoms with van der Waals surface area (Å²) in [7, 11) is 1.60. The van der Waals surface area contributed by atoms with Crippen LogP contribution in [0.5, 0.6) is 5.75 Å². The van der Waals surface area contributed by atoms with Crippen molar-refractivity contribution in [1.82, 2.24) is 4.98 Å². The summed E-state index contributed by atoms with van der Waals surface area (Å²) >= 11 is 1.57. The molecule has 2 unspecified atom stereocenters. The maximum Gasteiger partial charge on any atom is 0.231 e. The smallest absolute Gasteiger partial charge is 0.231 e. The molecule has 6 nitrogen and oxygen atoms in total. The molecule has 4 rings (SSSR count). The van der Waals surface area contributed by atoms with E-state index in [-0.39, 0.29) is 24.2 Å². The van der Waals surface area contributed by atoms with Gasteiger partial charge >= 0.3 is 0 Å². The van der Waals surface area contributed by atoms with Gasteiger partial charge in [0.05, 0.1) is 18.7 Å². The zero-order valence-electron chi connectivity index (χ0n) is 15.5. The molecule has 7 heteroatoms. The normalized spacial score (nSPS) is 21.9. The molecule has 0 bridgehead atoms. The van der Waals surface area contributed by atoms with Crippen LogP contribution in [0.2, 0.25) is 0 Å². The van der Waals surface area contributed by atoms with Gasteiger partial charge in [-0.1, -0.05) is 6.92 Å². The topological polar surface area (TPSA) is 71.5 Å². The Morgan fingerprint density at radius 3 is 2.81 bits per heavy atom. The minimum Gasteiger partial charge on any atom is -0.497 e. The number of benzene rings is 1. The fraction of sp³-hybridized carbons (Fsp3) is 0.450. The lowest BCUT2D eigenvalue weighted by Gasteiger charge is -2.16. The van der Waals surface area contributed by atoms with Crippen molar-refractivity contribution in [3.05, 3.63) is 34.8 Å². The van der Waals surface area contributed by atoms with Crippen molar-refractivity contribution in [1.29, 1.82) is 0 Å². The van der Waals surface area contributed by atoms with E-state index in [4.69, 9.17) is 4.74 Å². The van der Waals surface area contributed by atoms with Gasteiger partial charge in [-0.25, -0.2) is 4.98 Å². The van der Waals surface area contributed by atoms with Crippen molar-refractivity contribution in [3.63, 3.8) is 0 Å². The van der Waals surface area contributed by atoms with Crippen LogP contribution in [0, 0.1) is 11.8 Å². The quantitative estimate of drug-likeness (QED) is 0.877. The van der Waals surface area contributed by atoms with E-state index in [1.54, 1.807) is 23.3 Å². The van der Waals surface area contributed by atoms with Crippen molar-refractivity contribution >= 4 is 34.0 Å². The van der Waals surface area contributed by atoms with Gasteiger partial charge < -0.3 is 15.0 Å². The van der Waals surface area contributed by atoms with Crippen LogP contribution in [0.4, 0.5) is 10.8 Å². The maximum atomic E-state index is 12.7. The lowest BCUT2D eigenvalue weighted by atomic mass is 9.93. The molecule has 1 N–H and O–H groups in total. The van der Waals surface area contributed by atoms with Crippen LogP contribution in [0.25, 0.3) is 0 Å². The number of ether oxygens (including phenoxy) is 1. The molecule has 2 aliphatic rings. The third-order valence-electron chi connectivity index (χ3n) is 5.30. The molecule has 142 valence electrons. The molecule has 27 heavy (non-hydrogen) atoms. The highest BCUT2D eigenvalue weighted by atomic mass is 32.1. The number of amides is 2. The largest absolute Gasteiger partial charge is 0.497 e. The second-order valence-electron chi connectivity index (χ2n) is 7.33. The first-order valence-electron chi connectivity index (χ1n) is 9.27. The number of aryl methyl sites for hydroxylation is 1. The molecule has 1 aliphatic carbocycles. The molecule has 2 heterocycles. The van der Waals surface area contributed by atoms with E-state index in [0.29, 0.717) is 17.6 Å². The van der Waals surface area contributed by atoms with E-state index in [1.807, 2.05) is 24.3 Å². The first kappa shape index (κ1) is 18.0. The molecular formula is C20H23N3O3S. The molecule has 0 radical (unpaired) electrons. The first-order valence-corrected chi connectivity index (χ1v) is 10.1. The van der Waals surface area contributed by atoms with Crippen molar-refractivity contribution in [2.75, 3.05) is 23.9 Å². The van der Waals surface area contributed by atoms with Crippen molar-refractivity contribution in [2.45, 2.75) is 32.6 Å². The summed E-state index contributed by atoms with van der Waals surface area (Å²) in [4.78, 5) is 32.6. The zero-order valence-corrected chi connectivity index (χ0v) is 16.3. The second-order valence-corrected chi connectivity index (χ2v) is 8.41. The monoisotopic (exact) mass is 385 g/mol. The molecule has 1 aliphatic heterocycles. The summed E-state index contributed by atoms with van der Waals surface area (Å²) in [6.45, 7) is 2.64. The summed E-state index contributed by atoms with van der Waals surface area (Å²) in [5.74, 6) is 0.888. The van der Waals surface area contributed by atoms with Crippen molar-refractivity contribution in [3.8, 4) is 5.75 Å². The van der Waals surface area contributed by atoms with Gasteiger partial charge in [0, 0.05) is 23.5 Å². The van der Waals surface area contributed by atoms with Gasteiger partial charge in [-0.3, -0.25) is 9.59 Å². The number of carbonyl (C=O) groups is 2. The minimum absolute atomic E-state index is 0.0347. The Hall–Kier alpha value is -2.41. The van der Waals surface area contributed by atoms with Crippen LogP contribution in [0.15, 0.2) is 24.3 Å². The van der Waals surface area contributed by atoms with Gasteiger partial charge in [0.1, 0.15) is 5.75 Å². The van der Waals surface area contributed by atoms with Gasteiger partial charge in [0.2, 0.25) is 11.8 Å². The van der Waals surface area contributed by atoms with Gasteiger partial charge in [0.15, 0.2) is 5.13 Å². The number of hydrogen-bond acceptors (Lipinski definition) is 5. The highest BCUT2D eigenvalue weighted by Gasteiger charge is 2.35. The molecule has 0 spiro atoms. The second kappa shape index (κ2) is 7.31. The number of nitrogens with one attached hydrogen (secondary N) is 1. The number of fused-ring (bicyclic) bond motifs is 1. The lowest BCUT2D eigenvalue weighted by molar-refractivity contribution is -0.122. The van der Waals surface area contributed by atoms with Crippen LogP contribution in [0.3, 0.4) is 0 Å². The summed E-state index contributed by atoms with van der Waals surface area (Å²) in [6.07, 6.45) is 3.39. The summed E-state index contributed by atoms with van der Waals surface area (Å²) in [6, 6.07) is 7.31. The Morgan fingerprint density at radius 2 is 2.07 bits per heavy atom. The maximum absolute atomic E-state index is 12.7. The summed E-state index contributed by atoms with van der Waals surface area (Å²) < 4.78 is 5.15. The Bertz CT molecular complexity index is 862. The fourth-order valence-electron chi connectivity index (χ4n) is 3.70. The Kier molecular flexibility index (Phi) is 4.86. The number of thiazole rings is 1. The minimum atomic E-state index is -0.362. The van der Waals surface area contributed by atoms with E-state index in [9.17, 15) is 9.59 Å². The lowest BCUT2D eigenvalue weighted by Crippen LogP contribution is -2.28. The molecule has 2 amide bonds. The van der Waals surface area contributed by atoms with Gasteiger partial charge in [0.25, 0.3) is 0 Å². The Labute approximate surface area is 162 Å².